The number of nitrogens with zero attached hydrogens (tertiary/aromatic N) is 8. The lowest BCUT2D eigenvalue weighted by Gasteiger charge is -2.39. The average molecular weight is 953 g/mol. The molecule has 0 saturated carbocycles. The van der Waals surface area contributed by atoms with E-state index >= 15 is 0 Å². The smallest absolute Gasteiger partial charge is 0.268 e. The lowest BCUT2D eigenvalue weighted by molar-refractivity contribution is -0.288. The third kappa shape index (κ3) is 8.89. The number of aromatic nitrogens is 8. The highest BCUT2D eigenvalue weighted by Gasteiger charge is 2.65. The number of hydrogen-bond donors (Lipinski definition) is 2. The number of ether oxygens (including phenoxy) is 5. The van der Waals surface area contributed by atoms with Crippen LogP contribution in [0.2, 0.25) is 0 Å². The van der Waals surface area contributed by atoms with Crippen LogP contribution in [0.4, 0.5) is 0 Å². The molecule has 65 heavy (non-hydrogen) atoms. The number of fused-ring (bicyclic) bond motifs is 2. The molecule has 352 valence electrons. The molecule has 2 aromatic carbocycles. The first kappa shape index (κ1) is 50.2. The van der Waals surface area contributed by atoms with Crippen LogP contribution in [-0.2, 0) is 53.6 Å². The number of benzene rings is 2. The van der Waals surface area contributed by atoms with Crippen molar-refractivity contribution in [2.75, 3.05) is 25.9 Å². The summed E-state index contributed by atoms with van der Waals surface area (Å²) >= 11 is 2.94. The topological polar surface area (TPSA) is 207 Å². The van der Waals surface area contributed by atoms with E-state index < -0.39 is 37.8 Å². The minimum atomic E-state index is -3.77. The van der Waals surface area contributed by atoms with Gasteiger partial charge in [-0.1, -0.05) is 108 Å². The number of aliphatic hydroxyl groups is 2. The van der Waals surface area contributed by atoms with Gasteiger partial charge >= 0.3 is 0 Å². The van der Waals surface area contributed by atoms with Crippen LogP contribution in [0.5, 0.6) is 5.88 Å². The van der Waals surface area contributed by atoms with Gasteiger partial charge in [0.15, 0.2) is 5.65 Å². The fourth-order valence-electron chi connectivity index (χ4n) is 8.43. The van der Waals surface area contributed by atoms with E-state index in [0.29, 0.717) is 29.5 Å². The standard InChI is InChI=1S/C22H28N4O6S.C22H28N4O3S2.CH4/c1-6-16-14(2)21(3,31-13-15-10-8-7-9-11-15)22(27,32-16)17-12-23-18-19(30-4)24-20(25-26(17)18)33(5,28)29;1-6-16-14(2)21(3,28-13-15-10-8-7-9-11-15)22(27,29-16)17-12-23-18-19(30-4)24-20(31-5)25-26(17)18;/h7-12,14,16,27H,6,13H2,1-5H3;7-12,14,16,27H,6,13H2,1-5H3;1H4/t2*14-,16-,21-,22+;/m11./s1. The quantitative estimate of drug-likeness (QED) is 0.107. The Morgan fingerprint density at radius 1 is 0.738 bits per heavy atom. The Balaban J connectivity index is 0.000000212. The van der Waals surface area contributed by atoms with Gasteiger partial charge in [0, 0.05) is 18.1 Å². The zero-order valence-corrected chi connectivity index (χ0v) is 40.1. The summed E-state index contributed by atoms with van der Waals surface area (Å²) in [4.78, 5) is 17.3. The van der Waals surface area contributed by atoms with E-state index in [4.69, 9.17) is 23.7 Å². The minimum Gasteiger partial charge on any atom is -0.478 e. The number of rotatable bonds is 14. The predicted molar refractivity (Wildman–Crippen MR) is 247 cm³/mol. The molecule has 2 N–H and O–H groups in total. The normalized spacial score (nSPS) is 27.7. The molecule has 6 heterocycles. The van der Waals surface area contributed by atoms with E-state index in [-0.39, 0.29) is 55.3 Å². The van der Waals surface area contributed by atoms with Crippen molar-refractivity contribution in [2.24, 2.45) is 11.8 Å². The Kier molecular flexibility index (Phi) is 15.1. The highest BCUT2D eigenvalue weighted by molar-refractivity contribution is 7.99. The van der Waals surface area contributed by atoms with Gasteiger partial charge in [0.25, 0.3) is 11.0 Å². The van der Waals surface area contributed by atoms with Crippen molar-refractivity contribution < 1.29 is 42.3 Å². The lowest BCUT2D eigenvalue weighted by atomic mass is 9.81. The summed E-state index contributed by atoms with van der Waals surface area (Å²) in [5.41, 5.74) is 1.08. The van der Waals surface area contributed by atoms with Crippen molar-refractivity contribution in [3.63, 3.8) is 0 Å². The van der Waals surface area contributed by atoms with E-state index in [1.165, 1.54) is 41.3 Å². The van der Waals surface area contributed by atoms with Gasteiger partial charge in [0.2, 0.25) is 32.2 Å². The summed E-state index contributed by atoms with van der Waals surface area (Å²) in [5, 5.41) is 33.7. The largest absolute Gasteiger partial charge is 0.478 e. The van der Waals surface area contributed by atoms with E-state index in [9.17, 15) is 18.6 Å². The first-order chi connectivity index (χ1) is 30.4. The van der Waals surface area contributed by atoms with Crippen molar-refractivity contribution in [3.05, 3.63) is 95.6 Å². The molecule has 0 radical (unpaired) electrons. The maximum Gasteiger partial charge on any atom is 0.268 e. The van der Waals surface area contributed by atoms with Crippen LogP contribution in [0, 0.1) is 11.8 Å². The van der Waals surface area contributed by atoms with E-state index in [2.05, 4.69) is 44.0 Å². The number of hydrogen-bond acceptors (Lipinski definition) is 17. The van der Waals surface area contributed by atoms with Crippen LogP contribution in [0.3, 0.4) is 0 Å². The Morgan fingerprint density at radius 2 is 1.20 bits per heavy atom. The SMILES string of the molecule is C.CC[C@H]1O[C@@](O)(c2cnc3c(OC)nc(S(C)(=O)=O)nn23)[C@](C)(OCc2ccccc2)[C@@H]1C.CC[C@H]1O[C@@](O)(c2cnc3c(SC)nc(SC)nn23)[C@](C)(OCc2ccccc2)[C@@H]1C. The van der Waals surface area contributed by atoms with Crippen LogP contribution < -0.4 is 4.74 Å². The molecule has 0 bridgehead atoms. The maximum atomic E-state index is 12.2. The van der Waals surface area contributed by atoms with Crippen molar-refractivity contribution in [1.29, 1.82) is 0 Å². The molecule has 2 fully saturated rings. The van der Waals surface area contributed by atoms with Crippen LogP contribution in [-0.4, -0.2) is 107 Å². The Morgan fingerprint density at radius 3 is 1.62 bits per heavy atom. The summed E-state index contributed by atoms with van der Waals surface area (Å²) in [5.74, 6) is -4.00. The van der Waals surface area contributed by atoms with Gasteiger partial charge in [-0.3, -0.25) is 0 Å². The summed E-state index contributed by atoms with van der Waals surface area (Å²) in [6, 6.07) is 19.6. The first-order valence-corrected chi connectivity index (χ1v) is 25.3. The molecule has 0 spiro atoms. The molecule has 2 aliphatic heterocycles. The van der Waals surface area contributed by atoms with Crippen molar-refractivity contribution in [3.8, 4) is 5.88 Å². The molecule has 0 aliphatic carbocycles. The van der Waals surface area contributed by atoms with Gasteiger partial charge in [-0.05, 0) is 50.3 Å². The number of methoxy groups -OCH3 is 1. The molecule has 2 aliphatic rings. The molecule has 6 aromatic rings. The Hall–Kier alpha value is -4.25. The molecular weight excluding hydrogens is 893 g/mol. The predicted octanol–water partition coefficient (Wildman–Crippen LogP) is 6.87. The lowest BCUT2D eigenvalue weighted by Crippen LogP contribution is -2.52. The second-order valence-corrected chi connectivity index (χ2v) is 19.8. The highest BCUT2D eigenvalue weighted by Crippen LogP contribution is 2.53. The monoisotopic (exact) mass is 952 g/mol. The van der Waals surface area contributed by atoms with Crippen LogP contribution in [0.15, 0.2) is 88.4 Å². The summed E-state index contributed by atoms with van der Waals surface area (Å²) < 4.78 is 57.8. The molecular formula is C45H60N8O9S3. The minimum absolute atomic E-state index is 0. The maximum absolute atomic E-state index is 12.2. The van der Waals surface area contributed by atoms with Crippen molar-refractivity contribution >= 4 is 44.7 Å². The van der Waals surface area contributed by atoms with Crippen LogP contribution in [0.25, 0.3) is 11.3 Å². The number of thioether (sulfide) groups is 2. The van der Waals surface area contributed by atoms with Gasteiger partial charge < -0.3 is 33.9 Å². The second kappa shape index (κ2) is 19.5. The van der Waals surface area contributed by atoms with Crippen LogP contribution >= 0.6 is 23.5 Å². The third-order valence-corrected chi connectivity index (χ3v) is 14.7. The Labute approximate surface area is 389 Å². The molecule has 2 saturated heterocycles. The van der Waals surface area contributed by atoms with Gasteiger partial charge in [-0.25, -0.2) is 32.4 Å². The molecule has 17 nitrogen and oxygen atoms in total. The van der Waals surface area contributed by atoms with Crippen molar-refractivity contribution in [2.45, 2.75) is 125 Å². The Bertz CT molecular complexity index is 2700. The van der Waals surface area contributed by atoms with Gasteiger partial charge in [0.05, 0.1) is 44.9 Å². The third-order valence-electron chi connectivity index (χ3n) is 12.6. The van der Waals surface area contributed by atoms with E-state index in [1.54, 1.807) is 17.6 Å². The highest BCUT2D eigenvalue weighted by atomic mass is 32.2. The van der Waals surface area contributed by atoms with Gasteiger partial charge in [-0.15, -0.1) is 22.0 Å². The molecule has 8 rings (SSSR count). The molecule has 8 atom stereocenters. The average Bonchev–Trinajstić information content (AvgIpc) is 4.04. The first-order valence-electron chi connectivity index (χ1n) is 20.9. The van der Waals surface area contributed by atoms with Crippen molar-refractivity contribution in [1.82, 2.24) is 39.2 Å². The molecule has 0 unspecified atom stereocenters. The van der Waals surface area contributed by atoms with Gasteiger partial charge in [-0.2, -0.15) is 4.98 Å². The van der Waals surface area contributed by atoms with Gasteiger partial charge in [0.1, 0.15) is 27.6 Å². The summed E-state index contributed by atoms with van der Waals surface area (Å²) in [6.45, 7) is 12.3. The second-order valence-electron chi connectivity index (χ2n) is 16.3. The molecule has 4 aromatic heterocycles. The summed E-state index contributed by atoms with van der Waals surface area (Å²) in [6.07, 6.45) is 8.78. The van der Waals surface area contributed by atoms with Crippen LogP contribution in [0.1, 0.15) is 84.3 Å². The fourth-order valence-corrected chi connectivity index (χ4v) is 9.82. The number of sulfone groups is 1. The zero-order chi connectivity index (χ0) is 46.2. The fraction of sp³-hybridized carbons (Fsp3) is 0.511. The number of imidazole rings is 2. The summed E-state index contributed by atoms with van der Waals surface area (Å²) in [7, 11) is -2.42. The molecule has 0 amide bonds. The van der Waals surface area contributed by atoms with E-state index in [1.807, 2.05) is 93.9 Å². The van der Waals surface area contributed by atoms with E-state index in [0.717, 1.165) is 28.8 Å². The molecule has 20 heteroatoms. The zero-order valence-electron chi connectivity index (χ0n) is 37.6.